The summed E-state index contributed by atoms with van der Waals surface area (Å²) in [5.74, 6) is -0.0562. The zero-order valence-corrected chi connectivity index (χ0v) is 14.4. The van der Waals surface area contributed by atoms with Crippen LogP contribution >= 0.6 is 0 Å². The second-order valence-electron chi connectivity index (χ2n) is 7.33. The molecule has 0 radical (unpaired) electrons. The summed E-state index contributed by atoms with van der Waals surface area (Å²) in [5, 5.41) is 1.20. The number of para-hydroxylation sites is 1. The van der Waals surface area contributed by atoms with Crippen LogP contribution in [0.5, 0.6) is 0 Å². The summed E-state index contributed by atoms with van der Waals surface area (Å²) >= 11 is 0. The van der Waals surface area contributed by atoms with Gasteiger partial charge in [0.1, 0.15) is 5.41 Å². The lowest BCUT2D eigenvalue weighted by molar-refractivity contribution is -0.153. The van der Waals surface area contributed by atoms with Crippen molar-refractivity contribution in [2.45, 2.75) is 18.4 Å². The molecule has 5 heteroatoms. The van der Waals surface area contributed by atoms with E-state index in [1.165, 1.54) is 23.6 Å². The van der Waals surface area contributed by atoms with Gasteiger partial charge in [-0.15, -0.1) is 0 Å². The Morgan fingerprint density at radius 3 is 3.12 bits per heavy atom. The zero-order chi connectivity index (χ0) is 17.0. The molecule has 4 bridgehead atoms. The predicted molar refractivity (Wildman–Crippen MR) is 94.3 cm³/mol. The molecule has 0 saturated carbocycles. The molecular weight excluding hydrogens is 316 g/mol. The molecule has 4 aliphatic rings. The van der Waals surface area contributed by atoms with Crippen molar-refractivity contribution in [2.75, 3.05) is 33.4 Å². The quantitative estimate of drug-likeness (QED) is 0.641. The summed E-state index contributed by atoms with van der Waals surface area (Å²) < 4.78 is 11.3. The van der Waals surface area contributed by atoms with Crippen LogP contribution in [0.1, 0.15) is 17.7 Å². The first-order valence-corrected chi connectivity index (χ1v) is 8.91. The average Bonchev–Trinajstić information content (AvgIpc) is 2.86. The van der Waals surface area contributed by atoms with Crippen molar-refractivity contribution in [3.8, 4) is 0 Å². The Balaban J connectivity index is 1.86. The first-order valence-electron chi connectivity index (χ1n) is 8.91. The van der Waals surface area contributed by atoms with Gasteiger partial charge in [0.25, 0.3) is 0 Å². The number of rotatable bonds is 1. The summed E-state index contributed by atoms with van der Waals surface area (Å²) in [4.78, 5) is 19.2. The third-order valence-corrected chi connectivity index (χ3v) is 6.17. The van der Waals surface area contributed by atoms with Crippen molar-refractivity contribution in [3.63, 3.8) is 0 Å². The molecule has 1 N–H and O–H groups in total. The van der Waals surface area contributed by atoms with Crippen LogP contribution in [0.2, 0.25) is 0 Å². The molecule has 0 amide bonds. The number of carbonyl (C=O) groups excluding carboxylic acids is 1. The van der Waals surface area contributed by atoms with E-state index < -0.39 is 5.41 Å². The fourth-order valence-corrected chi connectivity index (χ4v) is 5.04. The molecule has 6 rings (SSSR count). The lowest BCUT2D eigenvalue weighted by Gasteiger charge is -2.45. The monoisotopic (exact) mass is 338 g/mol. The van der Waals surface area contributed by atoms with Crippen molar-refractivity contribution < 1.29 is 14.3 Å². The van der Waals surface area contributed by atoms with E-state index in [0.29, 0.717) is 13.2 Å². The van der Waals surface area contributed by atoms with Crippen molar-refractivity contribution in [3.05, 3.63) is 47.2 Å². The molecule has 1 fully saturated rings. The third kappa shape index (κ3) is 1.99. The summed E-state index contributed by atoms with van der Waals surface area (Å²) in [7, 11) is 1.49. The number of benzene rings is 1. The maximum atomic E-state index is 13.2. The number of hydrogen-bond acceptors (Lipinski definition) is 4. The minimum Gasteiger partial charge on any atom is -0.468 e. The summed E-state index contributed by atoms with van der Waals surface area (Å²) in [6.45, 7) is 3.69. The van der Waals surface area contributed by atoms with E-state index >= 15 is 0 Å². The predicted octanol–water partition coefficient (Wildman–Crippen LogP) is 2.37. The molecule has 4 aliphatic heterocycles. The van der Waals surface area contributed by atoms with Crippen LogP contribution in [0, 0.1) is 5.92 Å². The number of esters is 1. The molecule has 1 aromatic heterocycles. The Kier molecular flexibility index (Phi) is 3.30. The van der Waals surface area contributed by atoms with Crippen molar-refractivity contribution in [1.29, 1.82) is 0 Å². The second-order valence-corrected chi connectivity index (χ2v) is 7.33. The Labute approximate surface area is 146 Å². The Morgan fingerprint density at radius 2 is 2.24 bits per heavy atom. The highest BCUT2D eigenvalue weighted by molar-refractivity contribution is 5.91. The smallest absolute Gasteiger partial charge is 0.320 e. The maximum absolute atomic E-state index is 13.2. The van der Waals surface area contributed by atoms with Crippen LogP contribution in [0.4, 0.5) is 0 Å². The summed E-state index contributed by atoms with van der Waals surface area (Å²) in [6, 6.07) is 8.31. The highest BCUT2D eigenvalue weighted by Gasteiger charge is 2.55. The number of piperidine rings is 1. The summed E-state index contributed by atoms with van der Waals surface area (Å²) in [5.41, 5.74) is 3.82. The van der Waals surface area contributed by atoms with Gasteiger partial charge in [-0.05, 0) is 24.6 Å². The zero-order valence-electron chi connectivity index (χ0n) is 14.4. The normalized spacial score (nSPS) is 30.8. The lowest BCUT2D eigenvalue weighted by atomic mass is 9.65. The number of hydrogen-bond donors (Lipinski definition) is 1. The van der Waals surface area contributed by atoms with E-state index in [0.717, 1.165) is 37.3 Å². The lowest BCUT2D eigenvalue weighted by Crippen LogP contribution is -2.54. The van der Waals surface area contributed by atoms with Gasteiger partial charge in [-0.25, -0.2) is 0 Å². The van der Waals surface area contributed by atoms with E-state index in [1.807, 2.05) is 6.07 Å². The molecule has 130 valence electrons. The number of aromatic amines is 1. The second kappa shape index (κ2) is 5.44. The van der Waals surface area contributed by atoms with Gasteiger partial charge in [0.15, 0.2) is 0 Å². The molecule has 1 aromatic carbocycles. The van der Waals surface area contributed by atoms with E-state index in [4.69, 9.17) is 9.47 Å². The Bertz CT molecular complexity index is 884. The molecule has 2 aromatic rings. The van der Waals surface area contributed by atoms with E-state index in [9.17, 15) is 4.79 Å². The standard InChI is InChI=1S/C20H22N2O3/c1-24-19(23)20-12-25-9-7-13-10-22(8-6-16(13)20)11-15-14-4-2-3-5-17(14)21-18(15)20/h2-5,7,16,21H,6,8-12H2,1H3. The van der Waals surface area contributed by atoms with Gasteiger partial charge >= 0.3 is 5.97 Å². The Morgan fingerprint density at radius 1 is 1.36 bits per heavy atom. The minimum atomic E-state index is -0.780. The van der Waals surface area contributed by atoms with Crippen LogP contribution in [0.3, 0.4) is 0 Å². The SMILES string of the molecule is COC(=O)C12COCC=C3CN(CCC31)Cc1c2[nH]c2ccccc12. The number of carbonyl (C=O) groups is 1. The number of nitrogens with one attached hydrogen (secondary N) is 1. The van der Waals surface area contributed by atoms with Gasteiger partial charge in [0.2, 0.25) is 0 Å². The number of H-pyrrole nitrogens is 1. The van der Waals surface area contributed by atoms with E-state index in [-0.39, 0.29) is 11.9 Å². The fraction of sp³-hybridized carbons (Fsp3) is 0.450. The van der Waals surface area contributed by atoms with Gasteiger partial charge in [-0.2, -0.15) is 0 Å². The van der Waals surface area contributed by atoms with Crippen LogP contribution in [-0.4, -0.2) is 49.3 Å². The maximum Gasteiger partial charge on any atom is 0.320 e. The first-order chi connectivity index (χ1) is 12.2. The topological polar surface area (TPSA) is 54.6 Å². The fourth-order valence-electron chi connectivity index (χ4n) is 5.04. The average molecular weight is 338 g/mol. The largest absolute Gasteiger partial charge is 0.468 e. The molecule has 1 saturated heterocycles. The van der Waals surface area contributed by atoms with Crippen LogP contribution < -0.4 is 0 Å². The highest BCUT2D eigenvalue weighted by atomic mass is 16.5. The van der Waals surface area contributed by atoms with Gasteiger partial charge < -0.3 is 14.5 Å². The molecule has 3 unspecified atom stereocenters. The number of nitrogens with zero attached hydrogens (tertiary/aromatic N) is 1. The molecule has 3 atom stereocenters. The van der Waals surface area contributed by atoms with Gasteiger partial charge in [0.05, 0.1) is 20.3 Å². The number of fused-ring (bicyclic) bond motifs is 2. The molecule has 0 aliphatic carbocycles. The number of methoxy groups -OCH3 is 1. The van der Waals surface area contributed by atoms with E-state index in [2.05, 4.69) is 34.2 Å². The van der Waals surface area contributed by atoms with Gasteiger partial charge in [-0.1, -0.05) is 29.8 Å². The first kappa shape index (κ1) is 15.2. The molecule has 0 spiro atoms. The van der Waals surface area contributed by atoms with Crippen molar-refractivity contribution >= 4 is 16.9 Å². The van der Waals surface area contributed by atoms with Crippen molar-refractivity contribution in [2.24, 2.45) is 5.92 Å². The van der Waals surface area contributed by atoms with E-state index in [1.54, 1.807) is 0 Å². The molecule has 5 nitrogen and oxygen atoms in total. The highest BCUT2D eigenvalue weighted by Crippen LogP contribution is 2.48. The molecular formula is C20H22N2O3. The molecule has 25 heavy (non-hydrogen) atoms. The Hall–Kier alpha value is -2.11. The minimum absolute atomic E-state index is 0.130. The van der Waals surface area contributed by atoms with Crippen LogP contribution in [0.25, 0.3) is 10.9 Å². The number of ether oxygens (including phenoxy) is 2. The third-order valence-electron chi connectivity index (χ3n) is 6.17. The van der Waals surface area contributed by atoms with Crippen molar-refractivity contribution in [1.82, 2.24) is 9.88 Å². The molecule has 5 heterocycles. The van der Waals surface area contributed by atoms with Gasteiger partial charge in [0, 0.05) is 35.6 Å². The summed E-state index contributed by atoms with van der Waals surface area (Å²) in [6.07, 6.45) is 3.13. The van der Waals surface area contributed by atoms with Crippen LogP contribution in [0.15, 0.2) is 35.9 Å². The number of aromatic nitrogens is 1. The van der Waals surface area contributed by atoms with Crippen LogP contribution in [-0.2, 0) is 26.2 Å². The van der Waals surface area contributed by atoms with Gasteiger partial charge in [-0.3, -0.25) is 9.69 Å².